The number of piperazine rings is 1. The number of amides is 1. The Balaban J connectivity index is 1.66. The van der Waals surface area contributed by atoms with Crippen molar-refractivity contribution in [3.05, 3.63) is 24.0 Å². The van der Waals surface area contributed by atoms with E-state index in [1.807, 2.05) is 17.9 Å². The van der Waals surface area contributed by atoms with Crippen molar-refractivity contribution in [3.8, 4) is 5.88 Å². The Morgan fingerprint density at radius 2 is 2.00 bits per heavy atom. The zero-order chi connectivity index (χ0) is 16.9. The lowest BCUT2D eigenvalue weighted by Gasteiger charge is -2.34. The van der Waals surface area contributed by atoms with Gasteiger partial charge < -0.3 is 9.64 Å². The van der Waals surface area contributed by atoms with Crippen molar-refractivity contribution in [2.45, 2.75) is 26.7 Å². The molecule has 7 nitrogen and oxygen atoms in total. The summed E-state index contributed by atoms with van der Waals surface area (Å²) in [5.41, 5.74) is 1.10. The molecule has 24 heavy (non-hydrogen) atoms. The summed E-state index contributed by atoms with van der Waals surface area (Å²) in [6.45, 7) is 9.18. The highest BCUT2D eigenvalue weighted by molar-refractivity contribution is 5.93. The van der Waals surface area contributed by atoms with Crippen LogP contribution in [0, 0.1) is 0 Å². The Morgan fingerprint density at radius 3 is 2.71 bits per heavy atom. The van der Waals surface area contributed by atoms with Crippen LogP contribution in [0.1, 0.15) is 37.2 Å². The first-order valence-corrected chi connectivity index (χ1v) is 8.72. The molecule has 1 saturated heterocycles. The van der Waals surface area contributed by atoms with Gasteiger partial charge in [-0.05, 0) is 26.0 Å². The molecule has 0 bridgehead atoms. The van der Waals surface area contributed by atoms with Crippen molar-refractivity contribution in [2.75, 3.05) is 39.3 Å². The minimum absolute atomic E-state index is 0.0198. The summed E-state index contributed by atoms with van der Waals surface area (Å²) >= 11 is 0. The van der Waals surface area contributed by atoms with Crippen LogP contribution in [0.5, 0.6) is 5.88 Å². The lowest BCUT2D eigenvalue weighted by atomic mass is 10.2. The van der Waals surface area contributed by atoms with Crippen molar-refractivity contribution in [3.63, 3.8) is 0 Å². The number of unbranched alkanes of at least 4 members (excludes halogenated alkanes) is 1. The molecule has 0 unspecified atom stereocenters. The highest BCUT2D eigenvalue weighted by Gasteiger charge is 2.23. The molecule has 0 N–H and O–H groups in total. The van der Waals surface area contributed by atoms with E-state index in [-0.39, 0.29) is 5.91 Å². The van der Waals surface area contributed by atoms with Crippen LogP contribution in [0.2, 0.25) is 0 Å². The van der Waals surface area contributed by atoms with Gasteiger partial charge >= 0.3 is 0 Å². The lowest BCUT2D eigenvalue weighted by Crippen LogP contribution is -2.48. The van der Waals surface area contributed by atoms with Crippen LogP contribution in [0.4, 0.5) is 0 Å². The first-order chi connectivity index (χ1) is 11.7. The summed E-state index contributed by atoms with van der Waals surface area (Å²) in [5, 5.41) is 4.31. The first kappa shape index (κ1) is 16.7. The second kappa shape index (κ2) is 7.61. The van der Waals surface area contributed by atoms with Gasteiger partial charge in [-0.25, -0.2) is 9.50 Å². The van der Waals surface area contributed by atoms with E-state index < -0.39 is 0 Å². The molecule has 0 aliphatic carbocycles. The number of rotatable bonds is 6. The fraction of sp³-hybridized carbons (Fsp3) is 0.588. The van der Waals surface area contributed by atoms with E-state index in [0.29, 0.717) is 23.8 Å². The maximum absolute atomic E-state index is 12.7. The second-order valence-corrected chi connectivity index (χ2v) is 6.02. The van der Waals surface area contributed by atoms with E-state index >= 15 is 0 Å². The Hall–Kier alpha value is -2.15. The molecule has 1 amide bonds. The van der Waals surface area contributed by atoms with E-state index in [4.69, 9.17) is 4.74 Å². The molecule has 7 heteroatoms. The standard InChI is InChI=1S/C17H25N5O2/c1-3-5-8-20-9-11-21(12-10-20)17(23)14-13-22-15(18-14)6-7-16(19-22)24-4-2/h6-7,13H,3-5,8-12H2,1-2H3. The minimum Gasteiger partial charge on any atom is -0.477 e. The van der Waals surface area contributed by atoms with Gasteiger partial charge in [0.05, 0.1) is 12.8 Å². The summed E-state index contributed by atoms with van der Waals surface area (Å²) < 4.78 is 6.99. The van der Waals surface area contributed by atoms with Crippen molar-refractivity contribution in [2.24, 2.45) is 0 Å². The Kier molecular flexibility index (Phi) is 5.30. The monoisotopic (exact) mass is 331 g/mol. The van der Waals surface area contributed by atoms with E-state index in [1.54, 1.807) is 16.8 Å². The van der Waals surface area contributed by atoms with Crippen LogP contribution < -0.4 is 4.74 Å². The van der Waals surface area contributed by atoms with Crippen LogP contribution in [-0.2, 0) is 0 Å². The smallest absolute Gasteiger partial charge is 0.274 e. The van der Waals surface area contributed by atoms with Gasteiger partial charge in [0.1, 0.15) is 5.69 Å². The summed E-state index contributed by atoms with van der Waals surface area (Å²) in [7, 11) is 0. The van der Waals surface area contributed by atoms with Crippen molar-refractivity contribution in [1.82, 2.24) is 24.4 Å². The van der Waals surface area contributed by atoms with Crippen LogP contribution in [0.3, 0.4) is 0 Å². The first-order valence-electron chi connectivity index (χ1n) is 8.72. The summed E-state index contributed by atoms with van der Waals surface area (Å²) in [6.07, 6.45) is 4.11. The lowest BCUT2D eigenvalue weighted by molar-refractivity contribution is 0.0630. The average molecular weight is 331 g/mol. The van der Waals surface area contributed by atoms with Crippen LogP contribution in [-0.4, -0.2) is 69.6 Å². The Bertz CT molecular complexity index is 691. The van der Waals surface area contributed by atoms with Gasteiger partial charge in [-0.15, -0.1) is 5.10 Å². The molecule has 1 aliphatic heterocycles. The molecule has 0 spiro atoms. The van der Waals surface area contributed by atoms with Crippen molar-refractivity contribution < 1.29 is 9.53 Å². The highest BCUT2D eigenvalue weighted by atomic mass is 16.5. The Labute approximate surface area is 142 Å². The number of imidazole rings is 1. The topological polar surface area (TPSA) is 63.0 Å². The third kappa shape index (κ3) is 3.67. The molecule has 130 valence electrons. The third-order valence-electron chi connectivity index (χ3n) is 4.29. The number of hydrogen-bond acceptors (Lipinski definition) is 5. The van der Waals surface area contributed by atoms with Gasteiger partial charge in [0.15, 0.2) is 5.65 Å². The largest absolute Gasteiger partial charge is 0.477 e. The van der Waals surface area contributed by atoms with Crippen LogP contribution in [0.15, 0.2) is 18.3 Å². The average Bonchev–Trinajstić information content (AvgIpc) is 3.03. The molecule has 1 fully saturated rings. The van der Waals surface area contributed by atoms with Gasteiger partial charge in [0.2, 0.25) is 5.88 Å². The molecule has 0 atom stereocenters. The number of carbonyl (C=O) groups excluding carboxylic acids is 1. The van der Waals surface area contributed by atoms with E-state index in [0.717, 1.165) is 32.7 Å². The normalized spacial score (nSPS) is 15.8. The van der Waals surface area contributed by atoms with E-state index in [1.165, 1.54) is 12.8 Å². The number of hydrogen-bond donors (Lipinski definition) is 0. The van der Waals surface area contributed by atoms with Gasteiger partial charge in [0.25, 0.3) is 5.91 Å². The molecule has 0 radical (unpaired) electrons. The summed E-state index contributed by atoms with van der Waals surface area (Å²) in [6, 6.07) is 3.59. The van der Waals surface area contributed by atoms with Gasteiger partial charge in [-0.2, -0.15) is 0 Å². The number of fused-ring (bicyclic) bond motifs is 1. The maximum Gasteiger partial charge on any atom is 0.274 e. The van der Waals surface area contributed by atoms with Crippen molar-refractivity contribution >= 4 is 11.6 Å². The van der Waals surface area contributed by atoms with Crippen LogP contribution in [0.25, 0.3) is 5.65 Å². The highest BCUT2D eigenvalue weighted by Crippen LogP contribution is 2.13. The molecular weight excluding hydrogens is 306 g/mol. The molecule has 0 saturated carbocycles. The van der Waals surface area contributed by atoms with Gasteiger partial charge in [0, 0.05) is 32.2 Å². The molecular formula is C17H25N5O2. The van der Waals surface area contributed by atoms with Gasteiger partial charge in [-0.3, -0.25) is 9.69 Å². The van der Waals surface area contributed by atoms with Gasteiger partial charge in [-0.1, -0.05) is 13.3 Å². The van der Waals surface area contributed by atoms with Crippen LogP contribution >= 0.6 is 0 Å². The predicted molar refractivity (Wildman–Crippen MR) is 91.4 cm³/mol. The number of carbonyl (C=O) groups is 1. The number of aromatic nitrogens is 3. The minimum atomic E-state index is -0.0198. The summed E-state index contributed by atoms with van der Waals surface area (Å²) in [5.74, 6) is 0.513. The molecule has 0 aromatic carbocycles. The fourth-order valence-corrected chi connectivity index (χ4v) is 2.91. The number of nitrogens with zero attached hydrogens (tertiary/aromatic N) is 5. The maximum atomic E-state index is 12.7. The SMILES string of the molecule is CCCCN1CCN(C(=O)c2cn3nc(OCC)ccc3n2)CC1. The molecule has 3 heterocycles. The second-order valence-electron chi connectivity index (χ2n) is 6.02. The van der Waals surface area contributed by atoms with E-state index in [2.05, 4.69) is 21.9 Å². The molecule has 1 aliphatic rings. The zero-order valence-corrected chi connectivity index (χ0v) is 14.4. The number of ether oxygens (including phenoxy) is 1. The predicted octanol–water partition coefficient (Wildman–Crippen LogP) is 1.69. The van der Waals surface area contributed by atoms with Crippen molar-refractivity contribution in [1.29, 1.82) is 0 Å². The molecule has 2 aromatic rings. The molecule has 3 rings (SSSR count). The molecule has 2 aromatic heterocycles. The van der Waals surface area contributed by atoms with E-state index in [9.17, 15) is 4.79 Å². The summed E-state index contributed by atoms with van der Waals surface area (Å²) in [4.78, 5) is 21.4. The third-order valence-corrected chi connectivity index (χ3v) is 4.29. The Morgan fingerprint density at radius 1 is 1.21 bits per heavy atom. The zero-order valence-electron chi connectivity index (χ0n) is 14.4. The fourth-order valence-electron chi connectivity index (χ4n) is 2.91. The quantitative estimate of drug-likeness (QED) is 0.806.